The van der Waals surface area contributed by atoms with Gasteiger partial charge >= 0.3 is 0 Å². The van der Waals surface area contributed by atoms with Crippen molar-refractivity contribution in [3.05, 3.63) is 22.7 Å². The Labute approximate surface area is 72.4 Å². The number of aromatic nitrogens is 3. The van der Waals surface area contributed by atoms with Crippen LogP contribution in [0.3, 0.4) is 0 Å². The third-order valence-corrected chi connectivity index (χ3v) is 1.69. The molecule has 2 heterocycles. The molecule has 1 N–H and O–H groups in total. The Morgan fingerprint density at radius 1 is 1.36 bits per heavy atom. The van der Waals surface area contributed by atoms with Gasteiger partial charge in [-0.05, 0) is 17.7 Å². The van der Waals surface area contributed by atoms with Crippen molar-refractivity contribution in [2.45, 2.75) is 0 Å². The molecule has 5 heteroatoms. The maximum atomic E-state index is 5.67. The fourth-order valence-corrected chi connectivity index (χ4v) is 1.20. The Balaban J connectivity index is 2.82. The lowest BCUT2D eigenvalue weighted by molar-refractivity contribution is 1.20. The van der Waals surface area contributed by atoms with E-state index in [9.17, 15) is 0 Å². The minimum absolute atomic E-state index is 0.219. The monoisotopic (exact) mass is 187 g/mol. The molecular formula is C6H3Cl2N3. The van der Waals surface area contributed by atoms with Crippen LogP contribution in [0, 0.1) is 0 Å². The molecule has 0 aliphatic rings. The van der Waals surface area contributed by atoms with E-state index in [1.807, 2.05) is 0 Å². The van der Waals surface area contributed by atoms with Crippen LogP contribution < -0.4 is 0 Å². The number of nitrogens with one attached hydrogen (secondary N) is 1. The molecule has 2 aromatic heterocycles. The van der Waals surface area contributed by atoms with E-state index < -0.39 is 0 Å². The normalized spacial score (nSPS) is 10.7. The van der Waals surface area contributed by atoms with Gasteiger partial charge < -0.3 is 4.98 Å². The summed E-state index contributed by atoms with van der Waals surface area (Å²) in [6, 6.07) is 1.74. The average Bonchev–Trinajstić information content (AvgIpc) is 2.27. The highest BCUT2D eigenvalue weighted by Crippen LogP contribution is 2.16. The Morgan fingerprint density at radius 2 is 2.18 bits per heavy atom. The first-order chi connectivity index (χ1) is 5.25. The smallest absolute Gasteiger partial charge is 0.224 e. The van der Waals surface area contributed by atoms with E-state index in [-0.39, 0.29) is 5.28 Å². The molecule has 0 unspecified atom stereocenters. The van der Waals surface area contributed by atoms with E-state index in [1.54, 1.807) is 12.3 Å². The van der Waals surface area contributed by atoms with E-state index in [0.29, 0.717) is 10.8 Å². The van der Waals surface area contributed by atoms with Crippen LogP contribution in [0.4, 0.5) is 0 Å². The predicted molar refractivity (Wildman–Crippen MR) is 43.9 cm³/mol. The summed E-state index contributed by atoms with van der Waals surface area (Å²) in [6.07, 6.45) is 1.62. The summed E-state index contributed by atoms with van der Waals surface area (Å²) < 4.78 is 0. The Bertz CT molecular complexity index is 396. The highest BCUT2D eigenvalue weighted by atomic mass is 35.5. The SMILES string of the molecule is Clc1ncc2cc(Cl)[nH]c2n1. The van der Waals surface area contributed by atoms with Gasteiger partial charge in [-0.3, -0.25) is 0 Å². The van der Waals surface area contributed by atoms with Gasteiger partial charge in [-0.2, -0.15) is 4.98 Å². The molecule has 2 rings (SSSR count). The fourth-order valence-electron chi connectivity index (χ4n) is 0.861. The molecule has 0 fully saturated rings. The second kappa shape index (κ2) is 2.36. The highest BCUT2D eigenvalue weighted by Gasteiger charge is 2.00. The van der Waals surface area contributed by atoms with Gasteiger partial charge in [0.15, 0.2) is 0 Å². The van der Waals surface area contributed by atoms with E-state index in [2.05, 4.69) is 15.0 Å². The van der Waals surface area contributed by atoms with Gasteiger partial charge in [0.1, 0.15) is 10.8 Å². The van der Waals surface area contributed by atoms with E-state index in [4.69, 9.17) is 23.2 Å². The quantitative estimate of drug-likeness (QED) is 0.644. The molecule has 0 saturated heterocycles. The van der Waals surface area contributed by atoms with Crippen LogP contribution in [0.25, 0.3) is 11.0 Å². The second-order valence-corrected chi connectivity index (χ2v) is 2.81. The number of hydrogen-bond donors (Lipinski definition) is 1. The van der Waals surface area contributed by atoms with Gasteiger partial charge in [-0.15, -0.1) is 0 Å². The molecule has 2 aromatic rings. The minimum atomic E-state index is 0.219. The summed E-state index contributed by atoms with van der Waals surface area (Å²) >= 11 is 11.2. The molecule has 0 aromatic carbocycles. The first kappa shape index (κ1) is 6.88. The van der Waals surface area contributed by atoms with E-state index in [1.165, 1.54) is 0 Å². The number of nitrogens with zero attached hydrogens (tertiary/aromatic N) is 2. The Hall–Kier alpha value is -0.800. The van der Waals surface area contributed by atoms with Crippen molar-refractivity contribution in [2.75, 3.05) is 0 Å². The summed E-state index contributed by atoms with van der Waals surface area (Å²) in [5.74, 6) is 0. The first-order valence-corrected chi connectivity index (χ1v) is 3.68. The van der Waals surface area contributed by atoms with Crippen molar-refractivity contribution in [2.24, 2.45) is 0 Å². The third kappa shape index (κ3) is 1.17. The van der Waals surface area contributed by atoms with Gasteiger partial charge in [0.2, 0.25) is 5.28 Å². The Kier molecular flexibility index (Phi) is 1.47. The molecule has 56 valence electrons. The average molecular weight is 188 g/mol. The molecule has 3 nitrogen and oxygen atoms in total. The van der Waals surface area contributed by atoms with Crippen molar-refractivity contribution in [1.29, 1.82) is 0 Å². The zero-order chi connectivity index (χ0) is 7.84. The molecule has 0 aliphatic carbocycles. The number of fused-ring (bicyclic) bond motifs is 1. The van der Waals surface area contributed by atoms with Crippen molar-refractivity contribution in [3.63, 3.8) is 0 Å². The maximum Gasteiger partial charge on any atom is 0.224 e. The van der Waals surface area contributed by atoms with Crippen LogP contribution in [-0.2, 0) is 0 Å². The molecule has 0 amide bonds. The summed E-state index contributed by atoms with van der Waals surface area (Å²) in [6.45, 7) is 0. The number of halogens is 2. The molecule has 0 atom stereocenters. The molecule has 11 heavy (non-hydrogen) atoms. The Morgan fingerprint density at radius 3 is 3.00 bits per heavy atom. The van der Waals surface area contributed by atoms with Crippen LogP contribution in [0.15, 0.2) is 12.3 Å². The third-order valence-electron chi connectivity index (χ3n) is 1.31. The van der Waals surface area contributed by atoms with Gasteiger partial charge in [0.25, 0.3) is 0 Å². The summed E-state index contributed by atoms with van der Waals surface area (Å²) in [5.41, 5.74) is 0.662. The van der Waals surface area contributed by atoms with Crippen LogP contribution in [0.1, 0.15) is 0 Å². The first-order valence-electron chi connectivity index (χ1n) is 2.92. The second-order valence-electron chi connectivity index (χ2n) is 2.06. The topological polar surface area (TPSA) is 41.6 Å². The zero-order valence-electron chi connectivity index (χ0n) is 5.31. The van der Waals surface area contributed by atoms with Crippen molar-refractivity contribution < 1.29 is 0 Å². The van der Waals surface area contributed by atoms with Crippen LogP contribution in [0.5, 0.6) is 0 Å². The lowest BCUT2D eigenvalue weighted by atomic mass is 10.4. The highest BCUT2D eigenvalue weighted by molar-refractivity contribution is 6.31. The number of rotatable bonds is 0. The number of aromatic amines is 1. The number of hydrogen-bond acceptors (Lipinski definition) is 2. The summed E-state index contributed by atoms with van der Waals surface area (Å²) in [7, 11) is 0. The molecule has 0 bridgehead atoms. The van der Waals surface area contributed by atoms with Crippen molar-refractivity contribution in [1.82, 2.24) is 15.0 Å². The molecule has 0 spiro atoms. The van der Waals surface area contributed by atoms with Crippen LogP contribution in [0.2, 0.25) is 10.4 Å². The van der Waals surface area contributed by atoms with Gasteiger partial charge in [0, 0.05) is 11.6 Å². The summed E-state index contributed by atoms with van der Waals surface area (Å²) in [5, 5.41) is 1.62. The van der Waals surface area contributed by atoms with Crippen LogP contribution in [-0.4, -0.2) is 15.0 Å². The van der Waals surface area contributed by atoms with Gasteiger partial charge in [0.05, 0.1) is 0 Å². The van der Waals surface area contributed by atoms with Gasteiger partial charge in [-0.1, -0.05) is 11.6 Å². The van der Waals surface area contributed by atoms with Crippen LogP contribution >= 0.6 is 23.2 Å². The molecule has 0 radical (unpaired) electrons. The van der Waals surface area contributed by atoms with Crippen molar-refractivity contribution in [3.8, 4) is 0 Å². The summed E-state index contributed by atoms with van der Waals surface area (Å²) in [4.78, 5) is 10.5. The van der Waals surface area contributed by atoms with E-state index in [0.717, 1.165) is 5.39 Å². The lowest BCUT2D eigenvalue weighted by Crippen LogP contribution is -1.80. The van der Waals surface area contributed by atoms with E-state index >= 15 is 0 Å². The largest absolute Gasteiger partial charge is 0.330 e. The minimum Gasteiger partial charge on any atom is -0.330 e. The number of H-pyrrole nitrogens is 1. The molecular weight excluding hydrogens is 185 g/mol. The van der Waals surface area contributed by atoms with Crippen molar-refractivity contribution >= 4 is 34.2 Å². The predicted octanol–water partition coefficient (Wildman–Crippen LogP) is 2.26. The maximum absolute atomic E-state index is 5.67. The molecule has 0 aliphatic heterocycles. The standard InChI is InChI=1S/C6H3Cl2N3/c7-4-1-3-2-9-6(8)11-5(3)10-4/h1-2H,(H,9,10,11). The zero-order valence-corrected chi connectivity index (χ0v) is 6.82. The lowest BCUT2D eigenvalue weighted by Gasteiger charge is -1.86. The fraction of sp³-hybridized carbons (Fsp3) is 0. The molecule has 0 saturated carbocycles. The van der Waals surface area contributed by atoms with Gasteiger partial charge in [-0.25, -0.2) is 4.98 Å².